The van der Waals surface area contributed by atoms with E-state index >= 15 is 0 Å². The monoisotopic (exact) mass is 270 g/mol. The molecule has 4 heteroatoms. The van der Waals surface area contributed by atoms with E-state index in [4.69, 9.17) is 16.7 Å². The van der Waals surface area contributed by atoms with E-state index in [1.165, 1.54) is 5.56 Å². The maximum Gasteiger partial charge on any atom is 0.0642 e. The summed E-state index contributed by atoms with van der Waals surface area (Å²) in [5.41, 5.74) is 2.19. The number of anilines is 1. The van der Waals surface area contributed by atoms with Gasteiger partial charge in [-0.2, -0.15) is 0 Å². The molecule has 0 amide bonds. The number of benzene rings is 1. The molecule has 0 unspecified atom stereocenters. The first-order valence-electron chi connectivity index (χ1n) is 6.57. The van der Waals surface area contributed by atoms with Gasteiger partial charge in [-0.3, -0.25) is 0 Å². The van der Waals surface area contributed by atoms with Gasteiger partial charge in [-0.05, 0) is 30.7 Å². The lowest BCUT2D eigenvalue weighted by Gasteiger charge is -2.24. The predicted molar refractivity (Wildman–Crippen MR) is 78.4 cm³/mol. The summed E-state index contributed by atoms with van der Waals surface area (Å²) in [7, 11) is 0. The second kappa shape index (κ2) is 8.35. The van der Waals surface area contributed by atoms with Crippen molar-refractivity contribution in [3.8, 4) is 0 Å². The summed E-state index contributed by atoms with van der Waals surface area (Å²) in [6, 6.07) is 6.13. The molecule has 0 aliphatic carbocycles. The predicted octanol–water partition coefficient (Wildman–Crippen LogP) is 2.66. The van der Waals surface area contributed by atoms with Crippen molar-refractivity contribution in [2.24, 2.45) is 0 Å². The summed E-state index contributed by atoms with van der Waals surface area (Å²) >= 11 is 6.32. The Kier molecular flexibility index (Phi) is 7.09. The molecule has 0 spiro atoms. The minimum Gasteiger partial charge on any atom is -0.395 e. The van der Waals surface area contributed by atoms with Crippen molar-refractivity contribution in [3.05, 3.63) is 28.8 Å². The van der Waals surface area contributed by atoms with E-state index in [9.17, 15) is 0 Å². The molecule has 0 heterocycles. The maximum atomic E-state index is 9.09. The molecule has 0 atom stereocenters. The number of halogens is 1. The minimum atomic E-state index is 0.148. The minimum absolute atomic E-state index is 0.148. The Balaban J connectivity index is 2.81. The Morgan fingerprint density at radius 2 is 2.06 bits per heavy atom. The van der Waals surface area contributed by atoms with Gasteiger partial charge >= 0.3 is 0 Å². The maximum absolute atomic E-state index is 9.09. The second-order valence-corrected chi connectivity index (χ2v) is 4.68. The highest BCUT2D eigenvalue weighted by molar-refractivity contribution is 6.33. The van der Waals surface area contributed by atoms with Gasteiger partial charge in [0.05, 0.1) is 17.3 Å². The molecule has 0 aromatic heterocycles. The SMILES string of the molecule is CCCN(CCO)c1ccc(CNCC)cc1Cl. The summed E-state index contributed by atoms with van der Waals surface area (Å²) < 4.78 is 0. The molecule has 0 saturated carbocycles. The Labute approximate surface area is 115 Å². The van der Waals surface area contributed by atoms with Gasteiger partial charge in [0.2, 0.25) is 0 Å². The lowest BCUT2D eigenvalue weighted by Crippen LogP contribution is -2.27. The first-order valence-corrected chi connectivity index (χ1v) is 6.95. The van der Waals surface area contributed by atoms with Crippen LogP contribution in [-0.2, 0) is 6.54 Å². The molecule has 1 aromatic carbocycles. The van der Waals surface area contributed by atoms with Gasteiger partial charge < -0.3 is 15.3 Å². The standard InChI is InChI=1S/C14H23ClN2O/c1-3-7-17(8-9-18)14-6-5-12(10-13(14)15)11-16-4-2/h5-6,10,16,18H,3-4,7-9,11H2,1-2H3. The van der Waals surface area contributed by atoms with Gasteiger partial charge in [0.25, 0.3) is 0 Å². The van der Waals surface area contributed by atoms with Gasteiger partial charge in [-0.1, -0.05) is 31.5 Å². The Hall–Kier alpha value is -0.770. The topological polar surface area (TPSA) is 35.5 Å². The van der Waals surface area contributed by atoms with Crippen molar-refractivity contribution in [3.63, 3.8) is 0 Å². The third kappa shape index (κ3) is 4.48. The van der Waals surface area contributed by atoms with Gasteiger partial charge in [0.15, 0.2) is 0 Å². The Morgan fingerprint density at radius 1 is 1.28 bits per heavy atom. The third-order valence-electron chi connectivity index (χ3n) is 2.80. The molecule has 102 valence electrons. The molecule has 0 bridgehead atoms. The van der Waals surface area contributed by atoms with Crippen LogP contribution in [0, 0.1) is 0 Å². The zero-order valence-electron chi connectivity index (χ0n) is 11.2. The number of aliphatic hydroxyl groups is 1. The van der Waals surface area contributed by atoms with Crippen LogP contribution in [0.3, 0.4) is 0 Å². The second-order valence-electron chi connectivity index (χ2n) is 4.28. The molecule has 0 saturated heterocycles. The Bertz CT molecular complexity index is 352. The number of hydrogen-bond acceptors (Lipinski definition) is 3. The molecule has 18 heavy (non-hydrogen) atoms. The van der Waals surface area contributed by atoms with E-state index in [1.54, 1.807) is 0 Å². The van der Waals surface area contributed by atoms with E-state index in [1.807, 2.05) is 12.1 Å². The van der Waals surface area contributed by atoms with E-state index < -0.39 is 0 Å². The highest BCUT2D eigenvalue weighted by Gasteiger charge is 2.09. The highest BCUT2D eigenvalue weighted by atomic mass is 35.5. The lowest BCUT2D eigenvalue weighted by atomic mass is 10.2. The quantitative estimate of drug-likeness (QED) is 0.762. The largest absolute Gasteiger partial charge is 0.395 e. The van der Waals surface area contributed by atoms with E-state index in [-0.39, 0.29) is 6.61 Å². The van der Waals surface area contributed by atoms with E-state index in [0.717, 1.165) is 36.8 Å². The normalized spacial score (nSPS) is 10.7. The summed E-state index contributed by atoms with van der Waals surface area (Å²) in [4.78, 5) is 2.12. The molecule has 0 fully saturated rings. The van der Waals surface area contributed by atoms with Crippen molar-refractivity contribution in [1.82, 2.24) is 5.32 Å². The smallest absolute Gasteiger partial charge is 0.0642 e. The van der Waals surface area contributed by atoms with Crippen LogP contribution in [0.15, 0.2) is 18.2 Å². The molecule has 2 N–H and O–H groups in total. The number of aliphatic hydroxyl groups excluding tert-OH is 1. The van der Waals surface area contributed by atoms with Gasteiger partial charge in [-0.25, -0.2) is 0 Å². The molecule has 1 rings (SSSR count). The van der Waals surface area contributed by atoms with E-state index in [2.05, 4.69) is 30.1 Å². The fourth-order valence-electron chi connectivity index (χ4n) is 1.93. The van der Waals surface area contributed by atoms with Crippen LogP contribution in [0.5, 0.6) is 0 Å². The van der Waals surface area contributed by atoms with Crippen LogP contribution < -0.4 is 10.2 Å². The van der Waals surface area contributed by atoms with Gasteiger partial charge in [-0.15, -0.1) is 0 Å². The van der Waals surface area contributed by atoms with Crippen molar-refractivity contribution < 1.29 is 5.11 Å². The molecule has 1 aromatic rings. The van der Waals surface area contributed by atoms with Gasteiger partial charge in [0.1, 0.15) is 0 Å². The number of hydrogen-bond donors (Lipinski definition) is 2. The summed E-state index contributed by atoms with van der Waals surface area (Å²) in [5, 5.41) is 13.1. The highest BCUT2D eigenvalue weighted by Crippen LogP contribution is 2.27. The van der Waals surface area contributed by atoms with Crippen LogP contribution in [-0.4, -0.2) is 31.3 Å². The molecular weight excluding hydrogens is 248 g/mol. The fraction of sp³-hybridized carbons (Fsp3) is 0.571. The first-order chi connectivity index (χ1) is 8.72. The van der Waals surface area contributed by atoms with Crippen LogP contribution in [0.25, 0.3) is 0 Å². The van der Waals surface area contributed by atoms with Crippen LogP contribution in [0.2, 0.25) is 5.02 Å². The average molecular weight is 271 g/mol. The Morgan fingerprint density at radius 3 is 2.61 bits per heavy atom. The third-order valence-corrected chi connectivity index (χ3v) is 3.10. The summed E-state index contributed by atoms with van der Waals surface area (Å²) in [6.07, 6.45) is 1.04. The summed E-state index contributed by atoms with van der Waals surface area (Å²) in [5.74, 6) is 0. The van der Waals surface area contributed by atoms with Crippen molar-refractivity contribution in [1.29, 1.82) is 0 Å². The van der Waals surface area contributed by atoms with E-state index in [0.29, 0.717) is 6.54 Å². The molecule has 0 radical (unpaired) electrons. The van der Waals surface area contributed by atoms with Crippen molar-refractivity contribution >= 4 is 17.3 Å². The molecule has 0 aliphatic heterocycles. The lowest BCUT2D eigenvalue weighted by molar-refractivity contribution is 0.302. The van der Waals surface area contributed by atoms with Crippen LogP contribution >= 0.6 is 11.6 Å². The van der Waals surface area contributed by atoms with Gasteiger partial charge in [0, 0.05) is 19.6 Å². The summed E-state index contributed by atoms with van der Waals surface area (Å²) in [6.45, 7) is 7.68. The zero-order valence-corrected chi connectivity index (χ0v) is 12.0. The number of nitrogens with one attached hydrogen (secondary N) is 1. The number of rotatable bonds is 8. The molecular formula is C14H23ClN2O. The first kappa shape index (κ1) is 15.3. The van der Waals surface area contributed by atoms with Crippen LogP contribution in [0.4, 0.5) is 5.69 Å². The van der Waals surface area contributed by atoms with Crippen molar-refractivity contribution in [2.75, 3.05) is 31.1 Å². The molecule has 3 nitrogen and oxygen atoms in total. The fourth-order valence-corrected chi connectivity index (χ4v) is 2.25. The number of nitrogens with zero attached hydrogens (tertiary/aromatic N) is 1. The molecule has 0 aliphatic rings. The van der Waals surface area contributed by atoms with Crippen molar-refractivity contribution in [2.45, 2.75) is 26.8 Å². The average Bonchev–Trinajstić information content (AvgIpc) is 2.36. The zero-order chi connectivity index (χ0) is 13.4. The van der Waals surface area contributed by atoms with Crippen LogP contribution in [0.1, 0.15) is 25.8 Å².